The lowest BCUT2D eigenvalue weighted by Crippen LogP contribution is -2.51. The Morgan fingerprint density at radius 1 is 0.628 bits per heavy atom. The van der Waals surface area contributed by atoms with Gasteiger partial charge in [0.25, 0.3) is 0 Å². The zero-order valence-electron chi connectivity index (χ0n) is 45.2. The number of anilines is 4. The minimum atomic E-state index is -0.176. The van der Waals surface area contributed by atoms with Gasteiger partial charge in [-0.25, -0.2) is 29.9 Å². The van der Waals surface area contributed by atoms with Gasteiger partial charge in [0.05, 0.1) is 86.1 Å². The van der Waals surface area contributed by atoms with Gasteiger partial charge in [-0.2, -0.15) is 0 Å². The molecule has 6 fully saturated rings. The monoisotopic (exact) mass is 1120 g/mol. The van der Waals surface area contributed by atoms with Crippen LogP contribution in [0.1, 0.15) is 63.8 Å². The standard InChI is InChI=1S/2C27H38N6O5S/c2*1-17-24(28)27(15-38-17)4-7-32(8-5-27)25-20(12-34)31-22(10-30-25)39-21-3-6-29-26-23(21)37-14-19-9-18(11-33(19)26)13-36-16-35-2/h2*3,6,10,17-19,24,34H,4-5,7-9,11-16,28H2,1-2H3/t17-,18+,19+,24+;17-,18-,19+,24+/m00/s1. The second-order valence-electron chi connectivity index (χ2n) is 22.2. The number of rotatable bonds is 16. The number of hydrogen-bond acceptors (Lipinski definition) is 24. The molecule has 4 aromatic rings. The molecule has 8 aliphatic rings. The Kier molecular flexibility index (Phi) is 17.3. The molecule has 22 nitrogen and oxygen atoms in total. The normalized spacial score (nSPS) is 27.5. The van der Waals surface area contributed by atoms with Crippen LogP contribution in [0.5, 0.6) is 11.5 Å². The largest absolute Gasteiger partial charge is 0.486 e. The van der Waals surface area contributed by atoms with E-state index in [0.717, 1.165) is 136 Å². The van der Waals surface area contributed by atoms with Crippen LogP contribution in [0.4, 0.5) is 23.3 Å². The highest BCUT2D eigenvalue weighted by Crippen LogP contribution is 2.48. The summed E-state index contributed by atoms with van der Waals surface area (Å²) in [6.45, 7) is 13.4. The zero-order valence-corrected chi connectivity index (χ0v) is 46.9. The van der Waals surface area contributed by atoms with E-state index < -0.39 is 0 Å². The molecule has 8 atom stereocenters. The molecule has 4 aromatic heterocycles. The first-order valence-electron chi connectivity index (χ1n) is 27.5. The van der Waals surface area contributed by atoms with Crippen molar-refractivity contribution >= 4 is 46.8 Å². The summed E-state index contributed by atoms with van der Waals surface area (Å²) in [6, 6.07) is 4.59. The highest BCUT2D eigenvalue weighted by molar-refractivity contribution is 7.99. The molecule has 12 heterocycles. The summed E-state index contributed by atoms with van der Waals surface area (Å²) in [5.74, 6) is 5.59. The minimum Gasteiger partial charge on any atom is -0.486 e. The fourth-order valence-corrected chi connectivity index (χ4v) is 14.6. The number of aromatic nitrogens is 6. The van der Waals surface area contributed by atoms with Crippen molar-refractivity contribution in [3.63, 3.8) is 0 Å². The van der Waals surface area contributed by atoms with E-state index in [9.17, 15) is 10.2 Å². The van der Waals surface area contributed by atoms with E-state index in [1.54, 1.807) is 26.6 Å². The molecule has 24 heteroatoms. The van der Waals surface area contributed by atoms with Crippen LogP contribution in [0.15, 0.2) is 56.8 Å². The fraction of sp³-hybridized carbons (Fsp3) is 0.667. The van der Waals surface area contributed by atoms with Crippen molar-refractivity contribution < 1.29 is 48.1 Å². The molecule has 2 spiro atoms. The number of piperidine rings is 2. The van der Waals surface area contributed by atoms with Crippen molar-refractivity contribution in [2.45, 2.75) is 122 Å². The van der Waals surface area contributed by atoms with E-state index in [-0.39, 0.29) is 48.3 Å². The molecule has 0 aliphatic carbocycles. The molecule has 8 aliphatic heterocycles. The molecule has 0 saturated carbocycles. The van der Waals surface area contributed by atoms with Crippen molar-refractivity contribution in [2.75, 3.05) is 126 Å². The van der Waals surface area contributed by atoms with Crippen LogP contribution >= 0.6 is 23.5 Å². The zero-order chi connectivity index (χ0) is 54.0. The quantitative estimate of drug-likeness (QED) is 0.0909. The molecule has 0 bridgehead atoms. The molecule has 424 valence electrons. The van der Waals surface area contributed by atoms with Gasteiger partial charge in [0, 0.05) is 101 Å². The van der Waals surface area contributed by atoms with E-state index in [1.807, 2.05) is 24.5 Å². The first kappa shape index (κ1) is 55.5. The number of ether oxygens (including phenoxy) is 8. The van der Waals surface area contributed by atoms with E-state index in [1.165, 1.54) is 23.5 Å². The molecule has 0 amide bonds. The smallest absolute Gasteiger partial charge is 0.175 e. The van der Waals surface area contributed by atoms with Crippen molar-refractivity contribution in [3.8, 4) is 11.5 Å². The first-order valence-corrected chi connectivity index (χ1v) is 29.1. The van der Waals surface area contributed by atoms with Gasteiger partial charge in [-0.3, -0.25) is 0 Å². The van der Waals surface area contributed by atoms with Crippen molar-refractivity contribution in [2.24, 2.45) is 34.1 Å². The van der Waals surface area contributed by atoms with Gasteiger partial charge in [-0.15, -0.1) is 0 Å². The predicted octanol–water partition coefficient (Wildman–Crippen LogP) is 4.11. The maximum absolute atomic E-state index is 10.2. The van der Waals surface area contributed by atoms with Crippen LogP contribution in [-0.2, 0) is 41.6 Å². The molecule has 6 saturated heterocycles. The topological polar surface area (TPSA) is 257 Å². The molecular formula is C54H76N12O10S2. The molecule has 0 radical (unpaired) electrons. The highest BCUT2D eigenvalue weighted by atomic mass is 32.2. The maximum atomic E-state index is 10.2. The lowest BCUT2D eigenvalue weighted by molar-refractivity contribution is -0.0415. The van der Waals surface area contributed by atoms with Crippen LogP contribution in [0, 0.1) is 22.7 Å². The Labute approximate surface area is 464 Å². The third-order valence-corrected chi connectivity index (χ3v) is 19.2. The molecule has 12 rings (SSSR count). The Morgan fingerprint density at radius 2 is 1.05 bits per heavy atom. The summed E-state index contributed by atoms with van der Waals surface area (Å²) in [7, 11) is 3.27. The average Bonchev–Trinajstić information content (AvgIpc) is 4.23. The van der Waals surface area contributed by atoms with Gasteiger partial charge in [-0.05, 0) is 64.5 Å². The van der Waals surface area contributed by atoms with E-state index in [0.29, 0.717) is 85.4 Å². The maximum Gasteiger partial charge on any atom is 0.175 e. The highest BCUT2D eigenvalue weighted by Gasteiger charge is 2.49. The van der Waals surface area contributed by atoms with Crippen LogP contribution in [0.3, 0.4) is 0 Å². The summed E-state index contributed by atoms with van der Waals surface area (Å²) in [6.07, 6.45) is 13.2. The summed E-state index contributed by atoms with van der Waals surface area (Å²) in [5.41, 5.74) is 14.2. The van der Waals surface area contributed by atoms with Gasteiger partial charge in [0.1, 0.15) is 48.2 Å². The number of nitrogens with zero attached hydrogens (tertiary/aromatic N) is 10. The molecule has 0 unspecified atom stereocenters. The Hall–Kier alpha value is -4.44. The summed E-state index contributed by atoms with van der Waals surface area (Å²) < 4.78 is 45.5. The van der Waals surface area contributed by atoms with E-state index in [4.69, 9.17) is 69.3 Å². The molecule has 78 heavy (non-hydrogen) atoms. The van der Waals surface area contributed by atoms with Gasteiger partial charge < -0.3 is 79.2 Å². The lowest BCUT2D eigenvalue weighted by atomic mass is 9.73. The average molecular weight is 1120 g/mol. The summed E-state index contributed by atoms with van der Waals surface area (Å²) in [4.78, 5) is 39.4. The third-order valence-electron chi connectivity index (χ3n) is 17.3. The van der Waals surface area contributed by atoms with Gasteiger partial charge in [0.15, 0.2) is 34.8 Å². The number of aliphatic hydroxyl groups excluding tert-OH is 2. The van der Waals surface area contributed by atoms with Crippen LogP contribution in [0.25, 0.3) is 0 Å². The molecular weight excluding hydrogens is 1040 g/mol. The number of nitrogens with two attached hydrogens (primary N) is 2. The van der Waals surface area contributed by atoms with Crippen LogP contribution in [-0.4, -0.2) is 183 Å². The minimum absolute atomic E-state index is 0.0320. The van der Waals surface area contributed by atoms with Crippen molar-refractivity contribution in [1.29, 1.82) is 0 Å². The predicted molar refractivity (Wildman–Crippen MR) is 292 cm³/mol. The Bertz CT molecular complexity index is 2510. The number of pyridine rings is 2. The third kappa shape index (κ3) is 11.3. The first-order chi connectivity index (χ1) is 38.0. The summed E-state index contributed by atoms with van der Waals surface area (Å²) >= 11 is 2.97. The van der Waals surface area contributed by atoms with Gasteiger partial charge in [-0.1, -0.05) is 23.5 Å². The summed E-state index contributed by atoms with van der Waals surface area (Å²) in [5, 5.41) is 21.8. The molecule has 6 N–H and O–H groups in total. The van der Waals surface area contributed by atoms with E-state index >= 15 is 0 Å². The van der Waals surface area contributed by atoms with Crippen molar-refractivity contribution in [3.05, 3.63) is 48.3 Å². The molecule has 0 aromatic carbocycles. The van der Waals surface area contributed by atoms with E-state index in [2.05, 4.69) is 43.4 Å². The Morgan fingerprint density at radius 3 is 1.42 bits per heavy atom. The van der Waals surface area contributed by atoms with Crippen LogP contribution < -0.4 is 40.5 Å². The van der Waals surface area contributed by atoms with Gasteiger partial charge >= 0.3 is 0 Å². The number of hydrogen-bond donors (Lipinski definition) is 4. The van der Waals surface area contributed by atoms with Crippen LogP contribution in [0.2, 0.25) is 0 Å². The van der Waals surface area contributed by atoms with Crippen molar-refractivity contribution in [1.82, 2.24) is 29.9 Å². The lowest BCUT2D eigenvalue weighted by Gasteiger charge is -2.41. The SMILES string of the molecule is COCOC[C@@H]1C[C@@H]2COc3c(Sc4cnc(N5CCC6(CC5)CO[C@@H](C)[C@H]6N)c(CO)n4)ccnc3N2C1.COCOC[C@H]1C[C@@H]2COc3c(Sc4cnc(N5CCC6(CC5)CO[C@@H](C)[C@H]6N)c(CO)n4)ccnc3N2C1. The number of methoxy groups -OCH3 is 2. The number of aliphatic hydroxyl groups is 2. The second-order valence-corrected chi connectivity index (χ2v) is 24.3. The number of fused-ring (bicyclic) bond motifs is 6. The van der Waals surface area contributed by atoms with Gasteiger partial charge in [0.2, 0.25) is 0 Å². The Balaban J connectivity index is 0.000000165. The second kappa shape index (κ2) is 24.3. The fourth-order valence-electron chi connectivity index (χ4n) is 12.9.